The molecule has 0 spiro atoms. The molecule has 0 bridgehead atoms. The van der Waals surface area contributed by atoms with Gasteiger partial charge in [0.15, 0.2) is 0 Å². The number of carbonyl (C=O) groups excluding carboxylic acids is 2. The summed E-state index contributed by atoms with van der Waals surface area (Å²) in [6.45, 7) is 6.04. The molecule has 5 rings (SSSR count). The quantitative estimate of drug-likeness (QED) is 0.795. The van der Waals surface area contributed by atoms with Gasteiger partial charge < -0.3 is 9.80 Å². The van der Waals surface area contributed by atoms with E-state index in [-0.39, 0.29) is 30.2 Å². The molecule has 2 aliphatic heterocycles. The second-order valence-electron chi connectivity index (χ2n) is 8.76. The van der Waals surface area contributed by atoms with Crippen LogP contribution >= 0.6 is 0 Å². The minimum Gasteiger partial charge on any atom is -0.342 e. The van der Waals surface area contributed by atoms with E-state index in [9.17, 15) is 9.59 Å². The van der Waals surface area contributed by atoms with E-state index in [2.05, 4.69) is 34.3 Å². The standard InChI is InChI=1S/C22H26N4O3/c1-13-5-3-4-6-17(13)21-18-12-25(20(27)9-19-14(2)23-29-24-19)10-16(18)11-26(21)22(28)15-7-8-15/h3-6,15-16,18,21H,7-12H2,1-2H3/t16-,18-,21+/m0/s1. The molecule has 2 saturated heterocycles. The summed E-state index contributed by atoms with van der Waals surface area (Å²) in [5.41, 5.74) is 3.70. The van der Waals surface area contributed by atoms with Gasteiger partial charge in [0, 0.05) is 37.4 Å². The van der Waals surface area contributed by atoms with Crippen molar-refractivity contribution in [2.75, 3.05) is 19.6 Å². The van der Waals surface area contributed by atoms with E-state index in [0.29, 0.717) is 36.3 Å². The molecule has 1 aromatic carbocycles. The second kappa shape index (κ2) is 6.97. The highest BCUT2D eigenvalue weighted by Gasteiger charge is 2.52. The normalized spacial score (nSPS) is 26.1. The largest absolute Gasteiger partial charge is 0.342 e. The minimum atomic E-state index is 0.0572. The average molecular weight is 394 g/mol. The van der Waals surface area contributed by atoms with Gasteiger partial charge in [-0.1, -0.05) is 34.6 Å². The van der Waals surface area contributed by atoms with Gasteiger partial charge >= 0.3 is 0 Å². The number of hydrogen-bond acceptors (Lipinski definition) is 5. The first-order valence-corrected chi connectivity index (χ1v) is 10.4. The molecule has 3 aliphatic rings. The Bertz CT molecular complexity index is 951. The molecule has 0 radical (unpaired) electrons. The molecule has 7 heteroatoms. The molecule has 2 amide bonds. The summed E-state index contributed by atoms with van der Waals surface area (Å²) < 4.78 is 4.73. The van der Waals surface area contributed by atoms with Crippen molar-refractivity contribution in [3.8, 4) is 0 Å². The maximum Gasteiger partial charge on any atom is 0.228 e. The van der Waals surface area contributed by atoms with E-state index in [1.165, 1.54) is 11.1 Å². The summed E-state index contributed by atoms with van der Waals surface area (Å²) in [5, 5.41) is 7.61. The van der Waals surface area contributed by atoms with Crippen molar-refractivity contribution in [1.29, 1.82) is 0 Å². The van der Waals surface area contributed by atoms with Crippen molar-refractivity contribution in [3.05, 3.63) is 46.8 Å². The van der Waals surface area contributed by atoms with Gasteiger partial charge in [0.25, 0.3) is 0 Å². The van der Waals surface area contributed by atoms with Crippen LogP contribution in [0, 0.1) is 31.6 Å². The minimum absolute atomic E-state index is 0.0572. The summed E-state index contributed by atoms with van der Waals surface area (Å²) >= 11 is 0. The average Bonchev–Trinajstić information content (AvgIpc) is 3.21. The molecule has 0 N–H and O–H groups in total. The fourth-order valence-corrected chi connectivity index (χ4v) is 5.02. The van der Waals surface area contributed by atoms with Gasteiger partial charge in [-0.25, -0.2) is 4.63 Å². The third kappa shape index (κ3) is 3.22. The number of nitrogens with zero attached hydrogens (tertiary/aromatic N) is 4. The number of hydrogen-bond donors (Lipinski definition) is 0. The molecule has 7 nitrogen and oxygen atoms in total. The number of benzene rings is 1. The smallest absolute Gasteiger partial charge is 0.228 e. The van der Waals surface area contributed by atoms with Crippen LogP contribution < -0.4 is 0 Å². The summed E-state index contributed by atoms with van der Waals surface area (Å²) in [5.74, 6) is 1.17. The van der Waals surface area contributed by atoms with Crippen LogP contribution in [0.25, 0.3) is 0 Å². The Balaban J connectivity index is 1.38. The number of rotatable bonds is 4. The zero-order chi connectivity index (χ0) is 20.1. The van der Waals surface area contributed by atoms with Crippen LogP contribution in [0.5, 0.6) is 0 Å². The highest BCUT2D eigenvalue weighted by Crippen LogP contribution is 2.48. The van der Waals surface area contributed by atoms with Gasteiger partial charge in [-0.05, 0) is 37.8 Å². The maximum absolute atomic E-state index is 13.0. The van der Waals surface area contributed by atoms with E-state index in [0.717, 1.165) is 19.4 Å². The Labute approximate surface area is 170 Å². The van der Waals surface area contributed by atoms with Crippen molar-refractivity contribution in [1.82, 2.24) is 20.1 Å². The third-order valence-corrected chi connectivity index (χ3v) is 6.80. The Hall–Kier alpha value is -2.70. The Morgan fingerprint density at radius 1 is 1.10 bits per heavy atom. The van der Waals surface area contributed by atoms with Crippen LogP contribution in [0.4, 0.5) is 0 Å². The number of carbonyl (C=O) groups is 2. The first kappa shape index (κ1) is 18.3. The Morgan fingerprint density at radius 2 is 1.90 bits per heavy atom. The van der Waals surface area contributed by atoms with Crippen molar-refractivity contribution in [2.24, 2.45) is 17.8 Å². The third-order valence-electron chi connectivity index (χ3n) is 6.80. The monoisotopic (exact) mass is 394 g/mol. The van der Waals surface area contributed by atoms with E-state index >= 15 is 0 Å². The number of amides is 2. The zero-order valence-corrected chi connectivity index (χ0v) is 16.9. The topological polar surface area (TPSA) is 79.5 Å². The highest BCUT2D eigenvalue weighted by atomic mass is 16.6. The van der Waals surface area contributed by atoms with Gasteiger partial charge in [0.05, 0.1) is 12.5 Å². The lowest BCUT2D eigenvalue weighted by atomic mass is 9.87. The van der Waals surface area contributed by atoms with E-state index in [1.54, 1.807) is 6.92 Å². The predicted molar refractivity (Wildman–Crippen MR) is 105 cm³/mol. The Kier molecular flexibility index (Phi) is 4.41. The van der Waals surface area contributed by atoms with Crippen LogP contribution in [-0.2, 0) is 16.0 Å². The van der Waals surface area contributed by atoms with Crippen LogP contribution in [-0.4, -0.2) is 51.6 Å². The van der Waals surface area contributed by atoms with Crippen LogP contribution in [0.3, 0.4) is 0 Å². The predicted octanol–water partition coefficient (Wildman–Crippen LogP) is 2.30. The first-order chi connectivity index (χ1) is 14.0. The SMILES string of the molecule is Cc1ccccc1[C@@H]1[C@H]2CN(C(=O)Cc3nonc3C)C[C@H]2CN1C(=O)C1CC1. The highest BCUT2D eigenvalue weighted by molar-refractivity contribution is 5.82. The summed E-state index contributed by atoms with van der Waals surface area (Å²) in [4.78, 5) is 29.9. The van der Waals surface area contributed by atoms with Gasteiger partial charge in [0.1, 0.15) is 11.4 Å². The van der Waals surface area contributed by atoms with E-state index in [4.69, 9.17) is 4.63 Å². The fourth-order valence-electron chi connectivity index (χ4n) is 5.02. The molecule has 152 valence electrons. The molecule has 3 fully saturated rings. The molecular weight excluding hydrogens is 368 g/mol. The maximum atomic E-state index is 13.0. The first-order valence-electron chi connectivity index (χ1n) is 10.4. The summed E-state index contributed by atoms with van der Waals surface area (Å²) in [6, 6.07) is 8.40. The van der Waals surface area contributed by atoms with Crippen molar-refractivity contribution < 1.29 is 14.2 Å². The molecule has 29 heavy (non-hydrogen) atoms. The molecular formula is C22H26N4O3. The molecule has 3 heterocycles. The van der Waals surface area contributed by atoms with Crippen LogP contribution in [0.15, 0.2) is 28.9 Å². The molecule has 0 unspecified atom stereocenters. The lowest BCUT2D eigenvalue weighted by Gasteiger charge is -2.31. The molecule has 1 saturated carbocycles. The fraction of sp³-hybridized carbons (Fsp3) is 0.545. The van der Waals surface area contributed by atoms with Gasteiger partial charge in [-0.15, -0.1) is 0 Å². The number of fused-ring (bicyclic) bond motifs is 1. The molecule has 1 aliphatic carbocycles. The van der Waals surface area contributed by atoms with Crippen LogP contribution in [0.1, 0.15) is 41.4 Å². The van der Waals surface area contributed by atoms with Gasteiger partial charge in [-0.2, -0.15) is 0 Å². The van der Waals surface area contributed by atoms with E-state index < -0.39 is 0 Å². The van der Waals surface area contributed by atoms with Crippen molar-refractivity contribution in [2.45, 2.75) is 39.2 Å². The van der Waals surface area contributed by atoms with E-state index in [1.807, 2.05) is 17.0 Å². The Morgan fingerprint density at radius 3 is 2.59 bits per heavy atom. The molecule has 1 aromatic heterocycles. The number of likely N-dealkylation sites (tertiary alicyclic amines) is 2. The zero-order valence-electron chi connectivity index (χ0n) is 16.9. The van der Waals surface area contributed by atoms with Crippen molar-refractivity contribution in [3.63, 3.8) is 0 Å². The van der Waals surface area contributed by atoms with Gasteiger partial charge in [0.2, 0.25) is 11.8 Å². The second-order valence-corrected chi connectivity index (χ2v) is 8.76. The van der Waals surface area contributed by atoms with Crippen LogP contribution in [0.2, 0.25) is 0 Å². The molecule has 2 aromatic rings. The summed E-state index contributed by atoms with van der Waals surface area (Å²) in [7, 11) is 0. The number of aromatic nitrogens is 2. The lowest BCUT2D eigenvalue weighted by molar-refractivity contribution is -0.134. The molecule has 3 atom stereocenters. The van der Waals surface area contributed by atoms with Crippen molar-refractivity contribution >= 4 is 11.8 Å². The van der Waals surface area contributed by atoms with Gasteiger partial charge in [-0.3, -0.25) is 9.59 Å². The lowest BCUT2D eigenvalue weighted by Crippen LogP contribution is -2.38. The number of aryl methyl sites for hydroxylation is 2. The summed E-state index contributed by atoms with van der Waals surface area (Å²) in [6.07, 6.45) is 2.25.